The van der Waals surface area contributed by atoms with Crippen molar-refractivity contribution in [3.8, 4) is 29.6 Å². The second-order valence-electron chi connectivity index (χ2n) is 6.91. The fourth-order valence-corrected chi connectivity index (χ4v) is 3.12. The van der Waals surface area contributed by atoms with Crippen LogP contribution in [0.3, 0.4) is 0 Å². The number of amides is 1. The Bertz CT molecular complexity index is 1130. The normalized spacial score (nSPS) is 11.4. The average Bonchev–Trinajstić information content (AvgIpc) is 2.83. The molecule has 0 aliphatic heterocycles. The molecule has 1 atom stereocenters. The summed E-state index contributed by atoms with van der Waals surface area (Å²) >= 11 is 3.40. The van der Waals surface area contributed by atoms with Gasteiger partial charge in [-0.15, -0.1) is 6.42 Å². The van der Waals surface area contributed by atoms with Crippen LogP contribution in [0.5, 0.6) is 17.2 Å². The number of ether oxygens (including phenoxy) is 3. The fourth-order valence-electron chi connectivity index (χ4n) is 2.74. The maximum Gasteiger partial charge on any atom is 0.280 e. The van der Waals surface area contributed by atoms with Crippen molar-refractivity contribution in [1.82, 2.24) is 5.43 Å². The zero-order valence-corrected chi connectivity index (χ0v) is 19.6. The minimum Gasteiger partial charge on any atom is -0.489 e. The quantitative estimate of drug-likeness (QED) is 0.239. The van der Waals surface area contributed by atoms with Gasteiger partial charge in [-0.2, -0.15) is 5.10 Å². The van der Waals surface area contributed by atoms with Crippen LogP contribution >= 0.6 is 15.9 Å². The van der Waals surface area contributed by atoms with Crippen LogP contribution in [-0.2, 0) is 11.4 Å². The first kappa shape index (κ1) is 23.9. The monoisotopic (exact) mass is 506 g/mol. The van der Waals surface area contributed by atoms with Crippen LogP contribution in [0.2, 0.25) is 0 Å². The summed E-state index contributed by atoms with van der Waals surface area (Å²) in [5.74, 6) is 3.85. The van der Waals surface area contributed by atoms with E-state index >= 15 is 0 Å². The number of nitrogens with zero attached hydrogens (tertiary/aromatic N) is 1. The molecule has 0 bridgehead atoms. The molecule has 0 radical (unpaired) electrons. The maximum absolute atomic E-state index is 12.3. The van der Waals surface area contributed by atoms with Crippen LogP contribution in [0, 0.1) is 12.3 Å². The molecule has 0 fully saturated rings. The van der Waals surface area contributed by atoms with E-state index in [0.717, 1.165) is 10.0 Å². The van der Waals surface area contributed by atoms with Crippen LogP contribution in [0.25, 0.3) is 0 Å². The van der Waals surface area contributed by atoms with Crippen molar-refractivity contribution in [1.29, 1.82) is 0 Å². The second kappa shape index (κ2) is 12.3. The molecule has 7 heteroatoms. The van der Waals surface area contributed by atoms with E-state index in [0.29, 0.717) is 29.4 Å². The number of terminal acetylenes is 1. The summed E-state index contributed by atoms with van der Waals surface area (Å²) in [6.07, 6.45) is 5.98. The third kappa shape index (κ3) is 7.70. The van der Waals surface area contributed by atoms with Gasteiger partial charge in [0.15, 0.2) is 6.10 Å². The lowest BCUT2D eigenvalue weighted by Gasteiger charge is -2.13. The molecule has 3 aromatic carbocycles. The number of carbonyl (C=O) groups is 1. The number of rotatable bonds is 10. The zero-order chi connectivity index (χ0) is 23.5. The molecule has 0 spiro atoms. The second-order valence-corrected chi connectivity index (χ2v) is 7.83. The Morgan fingerprint density at radius 3 is 2.55 bits per heavy atom. The number of benzene rings is 3. The summed E-state index contributed by atoms with van der Waals surface area (Å²) in [4.78, 5) is 12.3. The first-order valence-electron chi connectivity index (χ1n) is 10.2. The molecule has 3 aromatic rings. The molecule has 1 amide bonds. The van der Waals surface area contributed by atoms with Crippen molar-refractivity contribution in [2.75, 3.05) is 6.61 Å². The predicted octanol–water partition coefficient (Wildman–Crippen LogP) is 4.96. The van der Waals surface area contributed by atoms with Gasteiger partial charge in [0.25, 0.3) is 5.91 Å². The molecule has 0 saturated carbocycles. The summed E-state index contributed by atoms with van der Waals surface area (Å²) in [6, 6.07) is 22.4. The fraction of sp³-hybridized carbons (Fsp3) is 0.154. The van der Waals surface area contributed by atoms with Gasteiger partial charge < -0.3 is 14.2 Å². The number of halogens is 1. The van der Waals surface area contributed by atoms with Crippen molar-refractivity contribution < 1.29 is 19.0 Å². The SMILES string of the molecule is C#CCOc1ccc(Br)cc1C=NNC(=O)[C@@H](C)Oc1ccc(OCc2ccccc2)cc1. The molecule has 0 aliphatic rings. The van der Waals surface area contributed by atoms with E-state index in [1.54, 1.807) is 37.3 Å². The molecule has 33 heavy (non-hydrogen) atoms. The molecular formula is C26H23BrN2O4. The molecule has 6 nitrogen and oxygen atoms in total. The number of carbonyl (C=O) groups excluding carboxylic acids is 1. The Labute approximate surface area is 201 Å². The standard InChI is InChI=1S/C26H23BrN2O4/c1-3-15-31-25-14-9-22(27)16-21(25)17-28-29-26(30)19(2)33-24-12-10-23(11-13-24)32-18-20-7-5-4-6-8-20/h1,4-14,16-17,19H,15,18H2,2H3,(H,29,30)/t19-/m1/s1. The molecule has 0 aromatic heterocycles. The Morgan fingerprint density at radius 2 is 1.82 bits per heavy atom. The highest BCUT2D eigenvalue weighted by Crippen LogP contribution is 2.22. The lowest BCUT2D eigenvalue weighted by molar-refractivity contribution is -0.127. The highest BCUT2D eigenvalue weighted by Gasteiger charge is 2.14. The van der Waals surface area contributed by atoms with Gasteiger partial charge in [0.2, 0.25) is 0 Å². The smallest absolute Gasteiger partial charge is 0.280 e. The van der Waals surface area contributed by atoms with Crippen LogP contribution in [0.4, 0.5) is 0 Å². The Morgan fingerprint density at radius 1 is 1.09 bits per heavy atom. The van der Waals surface area contributed by atoms with Crippen molar-refractivity contribution in [2.24, 2.45) is 5.10 Å². The van der Waals surface area contributed by atoms with Gasteiger partial charge in [-0.1, -0.05) is 52.2 Å². The van der Waals surface area contributed by atoms with Crippen molar-refractivity contribution >= 4 is 28.1 Å². The van der Waals surface area contributed by atoms with Crippen molar-refractivity contribution in [2.45, 2.75) is 19.6 Å². The third-order valence-electron chi connectivity index (χ3n) is 4.42. The molecule has 1 N–H and O–H groups in total. The van der Waals surface area contributed by atoms with Gasteiger partial charge >= 0.3 is 0 Å². The summed E-state index contributed by atoms with van der Waals surface area (Å²) in [6.45, 7) is 2.26. The highest BCUT2D eigenvalue weighted by atomic mass is 79.9. The number of hydrazone groups is 1. The van der Waals surface area contributed by atoms with E-state index in [-0.39, 0.29) is 6.61 Å². The molecule has 0 unspecified atom stereocenters. The number of nitrogens with one attached hydrogen (secondary N) is 1. The van der Waals surface area contributed by atoms with E-state index in [9.17, 15) is 4.79 Å². The van der Waals surface area contributed by atoms with Gasteiger partial charge in [-0.3, -0.25) is 4.79 Å². The Hall–Kier alpha value is -3.76. The minimum atomic E-state index is -0.752. The van der Waals surface area contributed by atoms with Crippen LogP contribution in [0.15, 0.2) is 82.4 Å². The largest absolute Gasteiger partial charge is 0.489 e. The molecular weight excluding hydrogens is 484 g/mol. The molecule has 3 rings (SSSR count). The predicted molar refractivity (Wildman–Crippen MR) is 132 cm³/mol. The van der Waals surface area contributed by atoms with Gasteiger partial charge in [0.05, 0.1) is 6.21 Å². The number of hydrogen-bond donors (Lipinski definition) is 1. The van der Waals surface area contributed by atoms with E-state index in [4.69, 9.17) is 20.6 Å². The van der Waals surface area contributed by atoms with E-state index in [2.05, 4.69) is 32.4 Å². The first-order valence-corrected chi connectivity index (χ1v) is 11.0. The Kier molecular flexibility index (Phi) is 8.92. The first-order chi connectivity index (χ1) is 16.0. The summed E-state index contributed by atoms with van der Waals surface area (Å²) in [5, 5.41) is 4.00. The van der Waals surface area contributed by atoms with Crippen molar-refractivity contribution in [3.63, 3.8) is 0 Å². The van der Waals surface area contributed by atoms with Crippen LogP contribution in [-0.4, -0.2) is 24.8 Å². The van der Waals surface area contributed by atoms with Crippen LogP contribution in [0.1, 0.15) is 18.1 Å². The lowest BCUT2D eigenvalue weighted by atomic mass is 10.2. The highest BCUT2D eigenvalue weighted by molar-refractivity contribution is 9.10. The summed E-state index contributed by atoms with van der Waals surface area (Å²) in [5.41, 5.74) is 4.22. The van der Waals surface area contributed by atoms with Gasteiger partial charge in [-0.25, -0.2) is 5.43 Å². The lowest BCUT2D eigenvalue weighted by Crippen LogP contribution is -2.33. The molecule has 0 aliphatic carbocycles. The summed E-state index contributed by atoms with van der Waals surface area (Å²) in [7, 11) is 0. The molecule has 0 heterocycles. The molecule has 0 saturated heterocycles. The third-order valence-corrected chi connectivity index (χ3v) is 4.91. The van der Waals surface area contributed by atoms with Gasteiger partial charge in [-0.05, 0) is 55.0 Å². The van der Waals surface area contributed by atoms with Crippen LogP contribution < -0.4 is 19.6 Å². The van der Waals surface area contributed by atoms with E-state index in [1.165, 1.54) is 6.21 Å². The van der Waals surface area contributed by atoms with Gasteiger partial charge in [0.1, 0.15) is 30.5 Å². The average molecular weight is 507 g/mol. The van der Waals surface area contributed by atoms with E-state index < -0.39 is 12.0 Å². The minimum absolute atomic E-state index is 0.135. The Balaban J connectivity index is 1.50. The molecule has 168 valence electrons. The van der Waals surface area contributed by atoms with E-state index in [1.807, 2.05) is 42.5 Å². The topological polar surface area (TPSA) is 69.2 Å². The summed E-state index contributed by atoms with van der Waals surface area (Å²) < 4.78 is 17.8. The number of hydrogen-bond acceptors (Lipinski definition) is 5. The zero-order valence-electron chi connectivity index (χ0n) is 18.0. The van der Waals surface area contributed by atoms with Gasteiger partial charge in [0, 0.05) is 10.0 Å². The van der Waals surface area contributed by atoms with Crippen molar-refractivity contribution in [3.05, 3.63) is 88.4 Å². The maximum atomic E-state index is 12.3.